The van der Waals surface area contributed by atoms with Gasteiger partial charge in [-0.2, -0.15) is 0 Å². The maximum atomic E-state index is 12.8. The maximum absolute atomic E-state index is 12.8. The van der Waals surface area contributed by atoms with E-state index in [4.69, 9.17) is 4.74 Å². The van der Waals surface area contributed by atoms with Gasteiger partial charge in [0.1, 0.15) is 0 Å². The van der Waals surface area contributed by atoms with Crippen LogP contribution >= 0.6 is 31.9 Å². The van der Waals surface area contributed by atoms with Crippen molar-refractivity contribution < 1.29 is 23.9 Å². The number of esters is 1. The van der Waals surface area contributed by atoms with Gasteiger partial charge in [-0.15, -0.1) is 0 Å². The first kappa shape index (κ1) is 21.7. The highest BCUT2D eigenvalue weighted by Crippen LogP contribution is 2.60. The molecule has 1 heterocycles. The molecule has 0 unspecified atom stereocenters. The molecule has 0 N–H and O–H groups in total. The number of likely N-dealkylation sites (tertiary alicyclic amines) is 1. The van der Waals surface area contributed by atoms with Gasteiger partial charge in [0.15, 0.2) is 12.4 Å². The van der Waals surface area contributed by atoms with Gasteiger partial charge in [0.25, 0.3) is 0 Å². The Balaban J connectivity index is 1.30. The smallest absolute Gasteiger partial charge is 0.308 e. The molecule has 2 bridgehead atoms. The Kier molecular flexibility index (Phi) is 5.92. The van der Waals surface area contributed by atoms with E-state index >= 15 is 0 Å². The molecule has 160 valence electrons. The molecule has 0 aromatic heterocycles. The van der Waals surface area contributed by atoms with Gasteiger partial charge in [0.2, 0.25) is 11.8 Å². The first-order valence-electron chi connectivity index (χ1n) is 10.1. The van der Waals surface area contributed by atoms with Crippen molar-refractivity contribution in [3.63, 3.8) is 0 Å². The number of Topliss-reactive ketones (excluding diaryl/α,β-unsaturated/α-hetero) is 1. The molecule has 2 amide bonds. The molecule has 1 aromatic carbocycles. The quantitative estimate of drug-likeness (QED) is 0.239. The number of imide groups is 1. The predicted molar refractivity (Wildman–Crippen MR) is 117 cm³/mol. The Bertz CT molecular complexity index is 900. The first-order chi connectivity index (χ1) is 14.2. The van der Waals surface area contributed by atoms with Crippen molar-refractivity contribution in [1.29, 1.82) is 0 Å². The van der Waals surface area contributed by atoms with Gasteiger partial charge in [0.05, 0.1) is 18.3 Å². The summed E-state index contributed by atoms with van der Waals surface area (Å²) in [6.07, 6.45) is 0.761. The van der Waals surface area contributed by atoms with Crippen LogP contribution in [0.25, 0.3) is 0 Å². The van der Waals surface area contributed by atoms with Crippen molar-refractivity contribution in [2.45, 2.75) is 36.3 Å². The number of alkyl halides is 2. The number of rotatable bonds is 6. The van der Waals surface area contributed by atoms with Crippen LogP contribution in [0.4, 0.5) is 0 Å². The Morgan fingerprint density at radius 2 is 1.63 bits per heavy atom. The largest absolute Gasteiger partial charge is 0.457 e. The van der Waals surface area contributed by atoms with Gasteiger partial charge in [-0.05, 0) is 49.3 Å². The van der Waals surface area contributed by atoms with Crippen LogP contribution in [0.2, 0.25) is 0 Å². The average Bonchev–Trinajstić information content (AvgIpc) is 3.32. The highest BCUT2D eigenvalue weighted by Gasteiger charge is 2.66. The average molecular weight is 541 g/mol. The zero-order valence-corrected chi connectivity index (χ0v) is 19.9. The first-order valence-corrected chi connectivity index (χ1v) is 11.9. The van der Waals surface area contributed by atoms with Crippen molar-refractivity contribution in [3.8, 4) is 0 Å². The van der Waals surface area contributed by atoms with Crippen LogP contribution in [0, 0.1) is 37.5 Å². The van der Waals surface area contributed by atoms with Crippen LogP contribution in [-0.2, 0) is 19.1 Å². The van der Waals surface area contributed by atoms with Gasteiger partial charge in [-0.1, -0.05) is 44.0 Å². The highest BCUT2D eigenvalue weighted by molar-refractivity contribution is 9.12. The minimum atomic E-state index is -0.593. The van der Waals surface area contributed by atoms with Gasteiger partial charge in [-0.25, -0.2) is 0 Å². The number of fused-ring (bicyclic) bond motifs is 5. The summed E-state index contributed by atoms with van der Waals surface area (Å²) in [5.74, 6) is -1.52. The summed E-state index contributed by atoms with van der Waals surface area (Å²) in [6, 6.07) is 5.34. The van der Waals surface area contributed by atoms with Crippen molar-refractivity contribution in [1.82, 2.24) is 4.90 Å². The van der Waals surface area contributed by atoms with E-state index in [1.807, 2.05) is 19.9 Å². The summed E-state index contributed by atoms with van der Waals surface area (Å²) in [5.41, 5.74) is 2.57. The number of hydrogen-bond donors (Lipinski definition) is 0. The number of carbonyl (C=O) groups excluding carboxylic acids is 4. The van der Waals surface area contributed by atoms with Crippen LogP contribution in [-0.4, -0.2) is 51.3 Å². The number of halogens is 2. The monoisotopic (exact) mass is 539 g/mol. The van der Waals surface area contributed by atoms with E-state index in [2.05, 4.69) is 31.9 Å². The molecule has 0 radical (unpaired) electrons. The number of hydrogen-bond acceptors (Lipinski definition) is 5. The molecule has 0 spiro atoms. The van der Waals surface area contributed by atoms with Crippen molar-refractivity contribution in [2.75, 3.05) is 13.2 Å². The maximum Gasteiger partial charge on any atom is 0.308 e. The third-order valence-electron chi connectivity index (χ3n) is 6.81. The van der Waals surface area contributed by atoms with E-state index in [1.54, 1.807) is 12.1 Å². The summed E-state index contributed by atoms with van der Waals surface area (Å²) in [7, 11) is 0. The molecule has 1 saturated heterocycles. The number of ketones is 1. The van der Waals surface area contributed by atoms with Crippen molar-refractivity contribution in [3.05, 3.63) is 34.9 Å². The van der Waals surface area contributed by atoms with Gasteiger partial charge in [-0.3, -0.25) is 24.1 Å². The minimum absolute atomic E-state index is 0.000670. The van der Waals surface area contributed by atoms with E-state index in [-0.39, 0.29) is 70.5 Å². The summed E-state index contributed by atoms with van der Waals surface area (Å²) in [4.78, 5) is 51.6. The summed E-state index contributed by atoms with van der Waals surface area (Å²) in [5, 5.41) is 0. The van der Waals surface area contributed by atoms with E-state index in [9.17, 15) is 19.2 Å². The normalized spacial score (nSPS) is 31.9. The lowest BCUT2D eigenvalue weighted by molar-refractivity contribution is -0.145. The fourth-order valence-electron chi connectivity index (χ4n) is 5.05. The molecule has 6 atom stereocenters. The van der Waals surface area contributed by atoms with Crippen molar-refractivity contribution in [2.24, 2.45) is 23.7 Å². The Morgan fingerprint density at radius 1 is 1.03 bits per heavy atom. The second-order valence-electron chi connectivity index (χ2n) is 8.46. The number of amides is 2. The Morgan fingerprint density at radius 3 is 2.20 bits per heavy atom. The highest BCUT2D eigenvalue weighted by atomic mass is 79.9. The van der Waals surface area contributed by atoms with Gasteiger partial charge in [0, 0.05) is 21.8 Å². The molecule has 30 heavy (non-hydrogen) atoms. The molecule has 1 aliphatic heterocycles. The number of ether oxygens (including phenoxy) is 1. The fourth-order valence-corrected chi connectivity index (χ4v) is 6.92. The van der Waals surface area contributed by atoms with E-state index in [1.165, 1.54) is 4.90 Å². The Hall–Kier alpha value is -1.54. The van der Waals surface area contributed by atoms with Crippen LogP contribution in [0.15, 0.2) is 18.2 Å². The van der Waals surface area contributed by atoms with Crippen LogP contribution in [0.5, 0.6) is 0 Å². The number of nitrogens with zero attached hydrogens (tertiary/aromatic N) is 1. The standard InChI is InChI=1S/C22H23Br2NO5/c1-10-3-4-12(7-11(10)2)15(26)9-30-16(27)5-6-25-21(28)17-13-8-14(18(17)22(25)29)20(24)19(13)23/h3-4,7,13-14,17-20H,5-6,8-9H2,1-2H3/t13-,14+,17-,18+,19-,20+. The minimum Gasteiger partial charge on any atom is -0.457 e. The number of carbonyl (C=O) groups is 4. The zero-order valence-electron chi connectivity index (χ0n) is 16.8. The van der Waals surface area contributed by atoms with E-state index < -0.39 is 5.97 Å². The van der Waals surface area contributed by atoms with E-state index in [0.717, 1.165) is 17.5 Å². The molecule has 4 rings (SSSR count). The molecule has 6 nitrogen and oxygen atoms in total. The van der Waals surface area contributed by atoms with E-state index in [0.29, 0.717) is 5.56 Å². The third-order valence-corrected chi connectivity index (χ3v) is 10.0. The van der Waals surface area contributed by atoms with Gasteiger partial charge >= 0.3 is 5.97 Å². The predicted octanol–water partition coefficient (Wildman–Crippen LogP) is 3.20. The molecule has 3 fully saturated rings. The van der Waals surface area contributed by atoms with Crippen LogP contribution in [0.1, 0.15) is 34.3 Å². The summed E-state index contributed by atoms with van der Waals surface area (Å²) >= 11 is 7.31. The number of benzene rings is 1. The molecule has 2 aliphatic carbocycles. The molecule has 2 saturated carbocycles. The second kappa shape index (κ2) is 8.19. The summed E-state index contributed by atoms with van der Waals surface area (Å²) in [6.45, 7) is 3.52. The molecule has 3 aliphatic rings. The SMILES string of the molecule is Cc1ccc(C(=O)COC(=O)CCN2C(=O)[C@@H]3[C@H]4C[C@H]([C@H](Br)[C@@H]4Br)[C@@H]3C2=O)cc1C. The van der Waals surface area contributed by atoms with Gasteiger partial charge < -0.3 is 4.74 Å². The van der Waals surface area contributed by atoms with Crippen LogP contribution in [0.3, 0.4) is 0 Å². The lowest BCUT2D eigenvalue weighted by atomic mass is 9.81. The summed E-state index contributed by atoms with van der Waals surface area (Å²) < 4.78 is 5.09. The topological polar surface area (TPSA) is 80.8 Å². The number of aryl methyl sites for hydroxylation is 2. The lowest BCUT2D eigenvalue weighted by Crippen LogP contribution is -2.37. The molecule has 1 aromatic rings. The third kappa shape index (κ3) is 3.55. The Labute approximate surface area is 192 Å². The molecule has 8 heteroatoms. The van der Waals surface area contributed by atoms with Crippen molar-refractivity contribution >= 4 is 55.4 Å². The lowest BCUT2D eigenvalue weighted by Gasteiger charge is -2.28. The van der Waals surface area contributed by atoms with Crippen LogP contribution < -0.4 is 0 Å². The molecular weight excluding hydrogens is 518 g/mol. The zero-order chi connectivity index (χ0) is 21.7. The second-order valence-corrected chi connectivity index (χ2v) is 10.6. The molecular formula is C22H23Br2NO5. The fraction of sp³-hybridized carbons (Fsp3) is 0.545.